The van der Waals surface area contributed by atoms with E-state index in [-0.39, 0.29) is 45.6 Å². The van der Waals surface area contributed by atoms with E-state index >= 15 is 0 Å². The van der Waals surface area contributed by atoms with Crippen LogP contribution in [0.25, 0.3) is 0 Å². The van der Waals surface area contributed by atoms with Gasteiger partial charge in [-0.3, -0.25) is 0 Å². The molecule has 13 heteroatoms. The lowest BCUT2D eigenvalue weighted by molar-refractivity contribution is -0.108. The van der Waals surface area contributed by atoms with Crippen LogP contribution in [0.3, 0.4) is 0 Å². The highest BCUT2D eigenvalue weighted by Crippen LogP contribution is 2.43. The monoisotopic (exact) mass is 789 g/mol. The normalized spacial score (nSPS) is 20.6. The molecule has 0 N–H and O–H groups in total. The third kappa shape index (κ3) is 9.29. The van der Waals surface area contributed by atoms with Gasteiger partial charge in [-0.05, 0) is 112 Å². The molecule has 9 nitrogen and oxygen atoms in total. The van der Waals surface area contributed by atoms with Crippen LogP contribution in [-0.2, 0) is 31.3 Å². The van der Waals surface area contributed by atoms with E-state index < -0.39 is 20.0 Å². The molecule has 3 unspecified atom stereocenters. The Balaban J connectivity index is 0.000000188. The number of oxazole rings is 1. The van der Waals surface area contributed by atoms with E-state index in [0.717, 1.165) is 40.7 Å². The molecule has 0 amide bonds. The van der Waals surface area contributed by atoms with Crippen molar-refractivity contribution < 1.29 is 34.8 Å². The van der Waals surface area contributed by atoms with Crippen molar-refractivity contribution in [1.82, 2.24) is 13.6 Å². The van der Waals surface area contributed by atoms with Crippen molar-refractivity contribution in [1.29, 1.82) is 0 Å². The topological polar surface area (TPSA) is 118 Å². The number of sulfonamides is 2. The first kappa shape index (κ1) is 40.1. The summed E-state index contributed by atoms with van der Waals surface area (Å²) in [4.78, 5) is 15.3. The highest BCUT2D eigenvalue weighted by Gasteiger charge is 2.44. The Morgan fingerprint density at radius 3 is 1.49 bits per heavy atom. The van der Waals surface area contributed by atoms with Crippen molar-refractivity contribution >= 4 is 26.3 Å². The molecule has 5 aromatic rings. The number of hydrogen-bond donors (Lipinski definition) is 0. The molecular formula is C42H45F2N3O6S2. The zero-order valence-electron chi connectivity index (χ0n) is 30.8. The second-order valence-electron chi connectivity index (χ2n) is 14.1. The number of hydrogen-bond acceptors (Lipinski definition) is 7. The first-order valence-electron chi connectivity index (χ1n) is 18.4. The van der Waals surface area contributed by atoms with Gasteiger partial charge in [-0.25, -0.2) is 30.6 Å². The smallest absolute Gasteiger partial charge is 0.243 e. The van der Waals surface area contributed by atoms with E-state index in [1.807, 2.05) is 13.8 Å². The third-order valence-corrected chi connectivity index (χ3v) is 14.4. The molecule has 0 bridgehead atoms. The SMILES string of the molecule is Cc1ccc(S(=O)(=O)N2C(CCC=O)CC[C@H]2c2ccc(F)cc2)cc1.Cc1ccc(S(=O)(=O)N2C(CCc3cnco3)CCC2c2ccc(F)cc2)cc1. The highest BCUT2D eigenvalue weighted by molar-refractivity contribution is 7.89. The number of halogens is 2. The van der Waals surface area contributed by atoms with Gasteiger partial charge in [0.1, 0.15) is 23.7 Å². The largest absolute Gasteiger partial charge is 0.449 e. The van der Waals surface area contributed by atoms with E-state index in [1.165, 1.54) is 35.0 Å². The van der Waals surface area contributed by atoms with Gasteiger partial charge in [0.2, 0.25) is 20.0 Å². The van der Waals surface area contributed by atoms with Crippen LogP contribution in [0.15, 0.2) is 124 Å². The quantitative estimate of drug-likeness (QED) is 0.116. The predicted octanol–water partition coefficient (Wildman–Crippen LogP) is 8.66. The maximum absolute atomic E-state index is 13.6. The van der Waals surface area contributed by atoms with Gasteiger partial charge in [0, 0.05) is 24.9 Å². The molecule has 290 valence electrons. The fourth-order valence-corrected chi connectivity index (χ4v) is 11.4. The molecule has 2 aliphatic rings. The van der Waals surface area contributed by atoms with Gasteiger partial charge in [-0.1, -0.05) is 59.7 Å². The van der Waals surface area contributed by atoms with Crippen LogP contribution in [0, 0.1) is 25.5 Å². The van der Waals surface area contributed by atoms with Crippen LogP contribution in [0.5, 0.6) is 0 Å². The van der Waals surface area contributed by atoms with E-state index in [2.05, 4.69) is 4.98 Å². The maximum Gasteiger partial charge on any atom is 0.243 e. The Labute approximate surface area is 322 Å². The number of aldehydes is 1. The fourth-order valence-electron chi connectivity index (χ4n) is 7.58. The van der Waals surface area contributed by atoms with Crippen molar-refractivity contribution in [2.24, 2.45) is 0 Å². The molecule has 2 saturated heterocycles. The van der Waals surface area contributed by atoms with E-state index in [9.17, 15) is 30.4 Å². The van der Waals surface area contributed by atoms with Gasteiger partial charge in [-0.2, -0.15) is 8.61 Å². The summed E-state index contributed by atoms with van der Waals surface area (Å²) >= 11 is 0. The molecular weight excluding hydrogens is 745 g/mol. The van der Waals surface area contributed by atoms with Crippen LogP contribution in [0.2, 0.25) is 0 Å². The number of carbonyl (C=O) groups is 1. The van der Waals surface area contributed by atoms with Gasteiger partial charge < -0.3 is 9.21 Å². The summed E-state index contributed by atoms with van der Waals surface area (Å²) in [7, 11) is -7.43. The van der Waals surface area contributed by atoms with Crippen molar-refractivity contribution in [3.05, 3.63) is 149 Å². The lowest BCUT2D eigenvalue weighted by Crippen LogP contribution is -2.37. The zero-order chi connectivity index (χ0) is 39.2. The summed E-state index contributed by atoms with van der Waals surface area (Å²) in [6, 6.07) is 24.7. The van der Waals surface area contributed by atoms with Crippen LogP contribution >= 0.6 is 0 Å². The van der Waals surface area contributed by atoms with Crippen molar-refractivity contribution in [3.63, 3.8) is 0 Å². The van der Waals surface area contributed by atoms with Crippen molar-refractivity contribution in [2.45, 2.75) is 99.2 Å². The summed E-state index contributed by atoms with van der Waals surface area (Å²) in [6.07, 6.45) is 8.69. The number of aromatic nitrogens is 1. The number of aryl methyl sites for hydroxylation is 3. The molecule has 0 radical (unpaired) electrons. The molecule has 0 saturated carbocycles. The second-order valence-corrected chi connectivity index (χ2v) is 17.8. The Morgan fingerprint density at radius 1 is 0.655 bits per heavy atom. The van der Waals surface area contributed by atoms with Crippen molar-refractivity contribution in [3.8, 4) is 0 Å². The second kappa shape index (κ2) is 17.5. The van der Waals surface area contributed by atoms with Gasteiger partial charge in [-0.15, -0.1) is 0 Å². The molecule has 7 rings (SSSR count). The minimum absolute atomic E-state index is 0.165. The van der Waals surface area contributed by atoms with Gasteiger partial charge in [0.05, 0.1) is 28.1 Å². The molecule has 4 atom stereocenters. The average Bonchev–Trinajstić information content (AvgIpc) is 3.95. The first-order chi connectivity index (χ1) is 26.4. The minimum Gasteiger partial charge on any atom is -0.449 e. The third-order valence-electron chi connectivity index (χ3n) is 10.4. The molecule has 3 heterocycles. The minimum atomic E-state index is -3.72. The van der Waals surface area contributed by atoms with Crippen molar-refractivity contribution in [2.75, 3.05) is 0 Å². The summed E-state index contributed by atoms with van der Waals surface area (Å²) in [5.41, 5.74) is 3.57. The fraction of sp³-hybridized carbons (Fsp3) is 0.333. The molecule has 0 aliphatic carbocycles. The Morgan fingerprint density at radius 2 is 1.09 bits per heavy atom. The molecule has 1 aromatic heterocycles. The van der Waals surface area contributed by atoms with Crippen LogP contribution in [-0.4, -0.2) is 48.8 Å². The van der Waals surface area contributed by atoms with E-state index in [1.54, 1.807) is 83.3 Å². The number of carbonyl (C=O) groups excluding carboxylic acids is 1. The summed E-state index contributed by atoms with van der Waals surface area (Å²) < 4.78 is 89.0. The predicted molar refractivity (Wildman–Crippen MR) is 205 cm³/mol. The van der Waals surface area contributed by atoms with Crippen LogP contribution in [0.4, 0.5) is 8.78 Å². The average molecular weight is 790 g/mol. The number of nitrogens with zero attached hydrogens (tertiary/aromatic N) is 3. The van der Waals surface area contributed by atoms with E-state index in [4.69, 9.17) is 4.42 Å². The van der Waals surface area contributed by atoms with Gasteiger partial charge >= 0.3 is 0 Å². The molecule has 0 spiro atoms. The summed E-state index contributed by atoms with van der Waals surface area (Å²) in [5.74, 6) is 0.0571. The van der Waals surface area contributed by atoms with Gasteiger partial charge in [0.25, 0.3) is 0 Å². The lowest BCUT2D eigenvalue weighted by atomic mass is 10.0. The summed E-state index contributed by atoms with van der Waals surface area (Å²) in [5, 5.41) is 0. The van der Waals surface area contributed by atoms with E-state index in [0.29, 0.717) is 44.9 Å². The highest BCUT2D eigenvalue weighted by atomic mass is 32.2. The number of benzene rings is 4. The summed E-state index contributed by atoms with van der Waals surface area (Å²) in [6.45, 7) is 3.83. The zero-order valence-corrected chi connectivity index (χ0v) is 32.4. The Hall–Kier alpha value is -4.56. The first-order valence-corrected chi connectivity index (χ1v) is 21.3. The van der Waals surface area contributed by atoms with Gasteiger partial charge in [0.15, 0.2) is 6.39 Å². The molecule has 4 aromatic carbocycles. The Kier molecular flexibility index (Phi) is 12.8. The van der Waals surface area contributed by atoms with Crippen LogP contribution < -0.4 is 0 Å². The molecule has 2 aliphatic heterocycles. The molecule has 55 heavy (non-hydrogen) atoms. The Bertz CT molecular complexity index is 2230. The lowest BCUT2D eigenvalue weighted by Gasteiger charge is -2.30. The standard InChI is InChI=1S/C22H23FN2O3S.C20H22FNO3S/c1-16-2-11-21(12-3-16)29(26,27)25-19(8-10-20-14-24-15-28-20)9-13-22(25)17-4-6-18(23)7-5-17;1-15-4-11-19(12-5-15)26(24,25)22-18(3-2-14-23)10-13-20(22)16-6-8-17(21)9-7-16/h2-7,11-12,14-15,19,22H,8-10,13H2,1H3;4-9,11-12,14,18,20H,2-3,10,13H2,1H3/t;18?,20-/m.0/s1. The molecule has 2 fully saturated rings. The maximum atomic E-state index is 13.6. The number of rotatable bonds is 12. The van der Waals surface area contributed by atoms with Crippen LogP contribution in [0.1, 0.15) is 85.0 Å².